The van der Waals surface area contributed by atoms with Gasteiger partial charge in [-0.25, -0.2) is 4.98 Å². The van der Waals surface area contributed by atoms with Gasteiger partial charge in [-0.3, -0.25) is 19.7 Å². The Bertz CT molecular complexity index is 993. The van der Waals surface area contributed by atoms with Crippen molar-refractivity contribution in [2.45, 2.75) is 12.8 Å². The van der Waals surface area contributed by atoms with Crippen LogP contribution in [0.15, 0.2) is 36.5 Å². The van der Waals surface area contributed by atoms with E-state index in [1.54, 1.807) is 18.0 Å². The minimum Gasteiger partial charge on any atom is -0.369 e. The van der Waals surface area contributed by atoms with Gasteiger partial charge >= 0.3 is 0 Å². The van der Waals surface area contributed by atoms with E-state index in [0.29, 0.717) is 23.9 Å². The van der Waals surface area contributed by atoms with Crippen LogP contribution < -0.4 is 5.73 Å². The largest absolute Gasteiger partial charge is 0.369 e. The number of carbonyl (C=O) groups excluding carboxylic acids is 2. The number of primary amides is 1. The average molecular weight is 350 g/mol. The maximum Gasteiger partial charge on any atom is 0.273 e. The summed E-state index contributed by atoms with van der Waals surface area (Å²) in [6, 6.07) is 9.45. The first-order chi connectivity index (χ1) is 12.5. The molecule has 0 saturated carbocycles. The molecule has 1 fully saturated rings. The second-order valence-electron chi connectivity index (χ2n) is 6.49. The number of aromatic nitrogens is 4. The van der Waals surface area contributed by atoms with E-state index in [1.807, 2.05) is 30.3 Å². The molecule has 0 unspecified atom stereocenters. The molecule has 1 aromatic carbocycles. The highest BCUT2D eigenvalue weighted by Gasteiger charge is 2.42. The zero-order chi connectivity index (χ0) is 18.3. The van der Waals surface area contributed by atoms with Crippen LogP contribution in [0.3, 0.4) is 0 Å². The summed E-state index contributed by atoms with van der Waals surface area (Å²) in [7, 11) is 0. The molecule has 3 heterocycles. The van der Waals surface area contributed by atoms with Crippen molar-refractivity contribution >= 4 is 22.6 Å². The highest BCUT2D eigenvalue weighted by atomic mass is 16.2. The number of aryl methyl sites for hydroxylation is 1. The van der Waals surface area contributed by atoms with Crippen molar-refractivity contribution in [1.82, 2.24) is 25.1 Å². The van der Waals surface area contributed by atoms with Crippen LogP contribution in [0.4, 0.5) is 0 Å². The molecule has 1 aliphatic rings. The van der Waals surface area contributed by atoms with Gasteiger partial charge in [0, 0.05) is 24.7 Å². The predicted molar refractivity (Wildman–Crippen MR) is 94.2 cm³/mol. The summed E-state index contributed by atoms with van der Waals surface area (Å²) >= 11 is 0. The van der Waals surface area contributed by atoms with Gasteiger partial charge < -0.3 is 10.6 Å². The number of aromatic amines is 1. The van der Waals surface area contributed by atoms with E-state index in [0.717, 1.165) is 10.8 Å². The molecule has 8 nitrogen and oxygen atoms in total. The van der Waals surface area contributed by atoms with Crippen LogP contribution >= 0.6 is 0 Å². The predicted octanol–water partition coefficient (Wildman–Crippen LogP) is 1.00. The van der Waals surface area contributed by atoms with E-state index in [9.17, 15) is 9.59 Å². The molecule has 2 aromatic heterocycles. The Hall–Kier alpha value is -3.29. The van der Waals surface area contributed by atoms with Gasteiger partial charge in [-0.1, -0.05) is 24.3 Å². The van der Waals surface area contributed by atoms with Crippen LogP contribution in [-0.4, -0.2) is 50.0 Å². The first-order valence-corrected chi connectivity index (χ1v) is 8.36. The number of pyridine rings is 1. The molecule has 132 valence electrons. The van der Waals surface area contributed by atoms with E-state index in [-0.39, 0.29) is 18.4 Å². The van der Waals surface area contributed by atoms with Crippen LogP contribution in [0.5, 0.6) is 0 Å². The Morgan fingerprint density at radius 2 is 2.04 bits per heavy atom. The Labute approximate surface area is 149 Å². The Balaban J connectivity index is 1.67. The zero-order valence-corrected chi connectivity index (χ0v) is 14.2. The third-order valence-electron chi connectivity index (χ3n) is 4.79. The lowest BCUT2D eigenvalue weighted by Gasteiger charge is -2.16. The minimum atomic E-state index is -0.524. The van der Waals surface area contributed by atoms with Crippen LogP contribution in [0.25, 0.3) is 10.8 Å². The van der Waals surface area contributed by atoms with Gasteiger partial charge in [0.1, 0.15) is 11.5 Å². The average Bonchev–Trinajstić information content (AvgIpc) is 3.27. The van der Waals surface area contributed by atoms with Crippen molar-refractivity contribution in [3.63, 3.8) is 0 Å². The molecular weight excluding hydrogens is 332 g/mol. The Kier molecular flexibility index (Phi) is 3.87. The molecule has 0 spiro atoms. The standard InChI is InChI=1S/C18H18N6O2/c1-10-21-17(23-22-10)14-9-24(8-13(14)16(19)25)18(26)15-12-5-3-2-4-11(12)6-7-20-15/h2-7,13-14H,8-9H2,1H3,(H2,19,25)(H,21,22,23)/t13-,14-/m1/s1. The molecule has 1 aliphatic heterocycles. The van der Waals surface area contributed by atoms with Gasteiger partial charge in [0.15, 0.2) is 5.82 Å². The van der Waals surface area contributed by atoms with E-state index in [1.165, 1.54) is 0 Å². The number of amides is 2. The number of likely N-dealkylation sites (tertiary alicyclic amines) is 1. The molecule has 26 heavy (non-hydrogen) atoms. The third-order valence-corrected chi connectivity index (χ3v) is 4.79. The van der Waals surface area contributed by atoms with Crippen molar-refractivity contribution in [3.8, 4) is 0 Å². The molecule has 3 N–H and O–H groups in total. The Morgan fingerprint density at radius 1 is 1.23 bits per heavy atom. The number of benzene rings is 1. The fraction of sp³-hybridized carbons (Fsp3) is 0.278. The van der Waals surface area contributed by atoms with Gasteiger partial charge in [0.05, 0.1) is 11.8 Å². The second kappa shape index (κ2) is 6.21. The molecule has 2 atom stereocenters. The highest BCUT2D eigenvalue weighted by Crippen LogP contribution is 2.32. The number of hydrogen-bond acceptors (Lipinski definition) is 5. The molecule has 8 heteroatoms. The third kappa shape index (κ3) is 2.69. The maximum absolute atomic E-state index is 13.1. The van der Waals surface area contributed by atoms with Crippen molar-refractivity contribution in [3.05, 3.63) is 53.9 Å². The summed E-state index contributed by atoms with van der Waals surface area (Å²) in [5.41, 5.74) is 5.94. The smallest absolute Gasteiger partial charge is 0.273 e. The number of nitrogens with two attached hydrogens (primary N) is 1. The molecule has 0 bridgehead atoms. The minimum absolute atomic E-state index is 0.220. The van der Waals surface area contributed by atoms with Crippen LogP contribution in [0.1, 0.15) is 28.1 Å². The van der Waals surface area contributed by atoms with Gasteiger partial charge in [0.2, 0.25) is 5.91 Å². The topological polar surface area (TPSA) is 118 Å². The molecule has 0 radical (unpaired) electrons. The number of fused-ring (bicyclic) bond motifs is 1. The van der Waals surface area contributed by atoms with E-state index >= 15 is 0 Å². The van der Waals surface area contributed by atoms with Crippen molar-refractivity contribution < 1.29 is 9.59 Å². The number of hydrogen-bond donors (Lipinski definition) is 2. The van der Waals surface area contributed by atoms with E-state index < -0.39 is 11.8 Å². The molecular formula is C18H18N6O2. The molecule has 3 aromatic rings. The monoisotopic (exact) mass is 350 g/mol. The van der Waals surface area contributed by atoms with Crippen LogP contribution in [0.2, 0.25) is 0 Å². The summed E-state index contributed by atoms with van der Waals surface area (Å²) in [4.78, 5) is 35.2. The van der Waals surface area contributed by atoms with Gasteiger partial charge in [0.25, 0.3) is 5.91 Å². The lowest BCUT2D eigenvalue weighted by molar-refractivity contribution is -0.121. The van der Waals surface area contributed by atoms with Gasteiger partial charge in [-0.2, -0.15) is 5.10 Å². The first-order valence-electron chi connectivity index (χ1n) is 8.36. The van der Waals surface area contributed by atoms with Gasteiger partial charge in [-0.15, -0.1) is 0 Å². The number of H-pyrrole nitrogens is 1. The second-order valence-corrected chi connectivity index (χ2v) is 6.49. The Morgan fingerprint density at radius 3 is 2.77 bits per heavy atom. The molecule has 0 aliphatic carbocycles. The van der Waals surface area contributed by atoms with E-state index in [4.69, 9.17) is 5.73 Å². The van der Waals surface area contributed by atoms with Gasteiger partial charge in [-0.05, 0) is 18.4 Å². The van der Waals surface area contributed by atoms with Crippen molar-refractivity contribution in [2.75, 3.05) is 13.1 Å². The lowest BCUT2D eigenvalue weighted by Crippen LogP contribution is -2.32. The molecule has 4 rings (SSSR count). The lowest BCUT2D eigenvalue weighted by atomic mass is 9.95. The summed E-state index contributed by atoms with van der Waals surface area (Å²) in [6.45, 7) is 2.35. The number of rotatable bonds is 3. The quantitative estimate of drug-likeness (QED) is 0.731. The van der Waals surface area contributed by atoms with Crippen LogP contribution in [0, 0.1) is 12.8 Å². The molecule has 1 saturated heterocycles. The van der Waals surface area contributed by atoms with Crippen LogP contribution in [-0.2, 0) is 4.79 Å². The summed E-state index contributed by atoms with van der Waals surface area (Å²) < 4.78 is 0. The maximum atomic E-state index is 13.1. The zero-order valence-electron chi connectivity index (χ0n) is 14.2. The van der Waals surface area contributed by atoms with E-state index in [2.05, 4.69) is 20.2 Å². The normalized spacial score (nSPS) is 19.8. The number of carbonyl (C=O) groups is 2. The summed E-state index contributed by atoms with van der Waals surface area (Å²) in [5, 5.41) is 8.65. The number of nitrogens with one attached hydrogen (secondary N) is 1. The van der Waals surface area contributed by atoms with Crippen molar-refractivity contribution in [1.29, 1.82) is 0 Å². The fourth-order valence-electron chi connectivity index (χ4n) is 3.49. The SMILES string of the molecule is Cc1nc([C@@H]2CN(C(=O)c3nccc4ccccc34)C[C@H]2C(N)=O)n[nH]1. The fourth-order valence-corrected chi connectivity index (χ4v) is 3.49. The highest BCUT2D eigenvalue weighted by molar-refractivity contribution is 6.05. The van der Waals surface area contributed by atoms with Crippen molar-refractivity contribution in [2.24, 2.45) is 11.7 Å². The molecule has 2 amide bonds. The summed E-state index contributed by atoms with van der Waals surface area (Å²) in [6.07, 6.45) is 1.62. The number of nitrogens with zero attached hydrogens (tertiary/aromatic N) is 4. The first kappa shape index (κ1) is 16.2. The summed E-state index contributed by atoms with van der Waals surface area (Å²) in [5.74, 6) is -0.363.